The Bertz CT molecular complexity index is 707. The highest BCUT2D eigenvalue weighted by Gasteiger charge is 2.07. The molecule has 0 aliphatic rings. The largest absolute Gasteiger partial charge is 0.492 e. The number of halogens is 2. The van der Waals surface area contributed by atoms with E-state index in [1.807, 2.05) is 12.1 Å². The molecule has 0 aromatic heterocycles. The monoisotopic (exact) mass is 410 g/mol. The molecule has 0 saturated carbocycles. The molecule has 0 atom stereocenters. The average Bonchev–Trinajstić information content (AvgIpc) is 2.53. The third kappa shape index (κ3) is 5.73. The number of nitrogens with one attached hydrogen (secondary N) is 1. The van der Waals surface area contributed by atoms with Gasteiger partial charge in [0, 0.05) is 24.3 Å². The number of carbonyl (C=O) groups excluding carboxylic acids is 1. The number of carbonyl (C=O) groups is 1. The first-order chi connectivity index (χ1) is 11.5. The Morgan fingerprint density at radius 1 is 1.25 bits per heavy atom. The van der Waals surface area contributed by atoms with Crippen molar-refractivity contribution < 1.29 is 9.53 Å². The van der Waals surface area contributed by atoms with Gasteiger partial charge in [-0.05, 0) is 48.7 Å². The Morgan fingerprint density at radius 2 is 2.04 bits per heavy atom. The number of ether oxygens (including phenoxy) is 1. The van der Waals surface area contributed by atoms with Crippen LogP contribution in [0.25, 0.3) is 0 Å². The number of benzene rings is 2. The summed E-state index contributed by atoms with van der Waals surface area (Å²) in [7, 11) is 3.36. The van der Waals surface area contributed by atoms with Gasteiger partial charge in [-0.1, -0.05) is 39.7 Å². The molecule has 0 heterocycles. The summed E-state index contributed by atoms with van der Waals surface area (Å²) >= 11 is 9.68. The number of urea groups is 1. The van der Waals surface area contributed by atoms with E-state index in [2.05, 4.69) is 33.4 Å². The Kier molecular flexibility index (Phi) is 6.94. The van der Waals surface area contributed by atoms with E-state index in [1.54, 1.807) is 32.3 Å². The summed E-state index contributed by atoms with van der Waals surface area (Å²) in [6, 6.07) is 13.3. The molecule has 2 rings (SSSR count). The van der Waals surface area contributed by atoms with E-state index in [-0.39, 0.29) is 6.03 Å². The molecule has 2 amide bonds. The van der Waals surface area contributed by atoms with Crippen molar-refractivity contribution in [1.82, 2.24) is 4.90 Å². The Morgan fingerprint density at radius 3 is 2.71 bits per heavy atom. The predicted octanol–water partition coefficient (Wildman–Crippen LogP) is 5.21. The van der Waals surface area contributed by atoms with Crippen LogP contribution in [-0.2, 0) is 6.42 Å². The van der Waals surface area contributed by atoms with Crippen LogP contribution in [0.3, 0.4) is 0 Å². The van der Waals surface area contributed by atoms with Gasteiger partial charge >= 0.3 is 6.03 Å². The first-order valence-corrected chi connectivity index (χ1v) is 8.78. The van der Waals surface area contributed by atoms with Crippen LogP contribution in [0.4, 0.5) is 10.5 Å². The van der Waals surface area contributed by atoms with Gasteiger partial charge in [-0.2, -0.15) is 0 Å². The lowest BCUT2D eigenvalue weighted by Crippen LogP contribution is -2.27. The number of rotatable bonds is 6. The molecule has 1 N–H and O–H groups in total. The minimum atomic E-state index is -0.200. The van der Waals surface area contributed by atoms with E-state index in [0.29, 0.717) is 23.1 Å². The molecule has 0 saturated heterocycles. The number of aryl methyl sites for hydroxylation is 1. The second-order valence-electron chi connectivity index (χ2n) is 5.55. The molecule has 24 heavy (non-hydrogen) atoms. The zero-order valence-electron chi connectivity index (χ0n) is 13.7. The topological polar surface area (TPSA) is 41.6 Å². The second kappa shape index (κ2) is 8.94. The van der Waals surface area contributed by atoms with Crippen LogP contribution in [0.15, 0.2) is 46.9 Å². The molecule has 0 bridgehead atoms. The summed E-state index contributed by atoms with van der Waals surface area (Å²) in [6.07, 6.45) is 1.83. The summed E-state index contributed by atoms with van der Waals surface area (Å²) in [5.41, 5.74) is 1.90. The van der Waals surface area contributed by atoms with E-state index in [9.17, 15) is 4.79 Å². The summed E-state index contributed by atoms with van der Waals surface area (Å²) in [5, 5.41) is 3.23. The van der Waals surface area contributed by atoms with Gasteiger partial charge in [0.15, 0.2) is 0 Å². The smallest absolute Gasteiger partial charge is 0.321 e. The SMILES string of the molecule is CN(C)C(=O)Nc1ccc(OCCCc2cccc(Br)c2)c(Cl)c1. The fraction of sp³-hybridized carbons (Fsp3) is 0.278. The maximum atomic E-state index is 11.6. The lowest BCUT2D eigenvalue weighted by atomic mass is 10.1. The number of hydrogen-bond donors (Lipinski definition) is 1. The van der Waals surface area contributed by atoms with Crippen LogP contribution < -0.4 is 10.1 Å². The summed E-state index contributed by atoms with van der Waals surface area (Å²) in [5.74, 6) is 0.619. The summed E-state index contributed by atoms with van der Waals surface area (Å²) in [4.78, 5) is 13.1. The third-order valence-electron chi connectivity index (χ3n) is 3.35. The van der Waals surface area contributed by atoms with E-state index in [0.717, 1.165) is 17.3 Å². The van der Waals surface area contributed by atoms with E-state index in [1.165, 1.54) is 10.5 Å². The van der Waals surface area contributed by atoms with Gasteiger partial charge in [0.2, 0.25) is 0 Å². The maximum Gasteiger partial charge on any atom is 0.321 e. The van der Waals surface area contributed by atoms with Gasteiger partial charge in [0.1, 0.15) is 5.75 Å². The highest BCUT2D eigenvalue weighted by molar-refractivity contribution is 9.10. The average molecular weight is 412 g/mol. The normalized spacial score (nSPS) is 10.3. The highest BCUT2D eigenvalue weighted by atomic mass is 79.9. The van der Waals surface area contributed by atoms with Crippen LogP contribution in [0.2, 0.25) is 5.02 Å². The van der Waals surface area contributed by atoms with E-state index >= 15 is 0 Å². The van der Waals surface area contributed by atoms with Crippen molar-refractivity contribution >= 4 is 39.2 Å². The quantitative estimate of drug-likeness (QED) is 0.663. The van der Waals surface area contributed by atoms with Crippen molar-refractivity contribution in [3.63, 3.8) is 0 Å². The Labute approximate surface area is 155 Å². The molecule has 128 valence electrons. The molecule has 0 aliphatic carbocycles. The molecule has 2 aromatic carbocycles. The highest BCUT2D eigenvalue weighted by Crippen LogP contribution is 2.28. The Balaban J connectivity index is 1.83. The number of hydrogen-bond acceptors (Lipinski definition) is 2. The molecule has 0 aliphatic heterocycles. The van der Waals surface area contributed by atoms with Crippen LogP contribution in [0.1, 0.15) is 12.0 Å². The molecule has 6 heteroatoms. The van der Waals surface area contributed by atoms with Gasteiger partial charge < -0.3 is 15.0 Å². The second-order valence-corrected chi connectivity index (χ2v) is 6.87. The summed E-state index contributed by atoms with van der Waals surface area (Å²) < 4.78 is 6.81. The zero-order chi connectivity index (χ0) is 17.5. The van der Waals surface area contributed by atoms with Gasteiger partial charge in [-0.3, -0.25) is 0 Å². The Hall–Kier alpha value is -1.72. The van der Waals surface area contributed by atoms with Gasteiger partial charge in [0.25, 0.3) is 0 Å². The van der Waals surface area contributed by atoms with Crippen molar-refractivity contribution in [3.8, 4) is 5.75 Å². The predicted molar refractivity (Wildman–Crippen MR) is 102 cm³/mol. The molecule has 0 spiro atoms. The van der Waals surface area contributed by atoms with E-state index in [4.69, 9.17) is 16.3 Å². The first-order valence-electron chi connectivity index (χ1n) is 7.61. The maximum absolute atomic E-state index is 11.6. The summed E-state index contributed by atoms with van der Waals surface area (Å²) in [6.45, 7) is 0.579. The van der Waals surface area contributed by atoms with Gasteiger partial charge in [-0.15, -0.1) is 0 Å². The van der Waals surface area contributed by atoms with Crippen molar-refractivity contribution in [2.24, 2.45) is 0 Å². The van der Waals surface area contributed by atoms with Crippen molar-refractivity contribution in [2.45, 2.75) is 12.8 Å². The van der Waals surface area contributed by atoms with Crippen molar-refractivity contribution in [1.29, 1.82) is 0 Å². The van der Waals surface area contributed by atoms with Crippen molar-refractivity contribution in [3.05, 3.63) is 57.5 Å². The van der Waals surface area contributed by atoms with Crippen LogP contribution in [0, 0.1) is 0 Å². The molecule has 0 unspecified atom stereocenters. The van der Waals surface area contributed by atoms with Crippen molar-refractivity contribution in [2.75, 3.05) is 26.0 Å². The molecular formula is C18H20BrClN2O2. The van der Waals surface area contributed by atoms with Crippen LogP contribution in [-0.4, -0.2) is 31.6 Å². The molecule has 0 radical (unpaired) electrons. The van der Waals surface area contributed by atoms with Crippen LogP contribution >= 0.6 is 27.5 Å². The van der Waals surface area contributed by atoms with Crippen LogP contribution in [0.5, 0.6) is 5.75 Å². The fourth-order valence-electron chi connectivity index (χ4n) is 2.08. The standard InChI is InChI=1S/C18H20BrClN2O2/c1-22(2)18(23)21-15-8-9-17(16(20)12-15)24-10-4-6-13-5-3-7-14(19)11-13/h3,5,7-9,11-12H,4,6,10H2,1-2H3,(H,21,23). The minimum absolute atomic E-state index is 0.200. The third-order valence-corrected chi connectivity index (χ3v) is 4.13. The zero-order valence-corrected chi connectivity index (χ0v) is 16.0. The fourth-order valence-corrected chi connectivity index (χ4v) is 2.76. The van der Waals surface area contributed by atoms with Gasteiger partial charge in [-0.25, -0.2) is 4.79 Å². The lowest BCUT2D eigenvalue weighted by Gasteiger charge is -2.13. The molecule has 2 aromatic rings. The first kappa shape index (κ1) is 18.6. The number of anilines is 1. The number of amides is 2. The number of nitrogens with zero attached hydrogens (tertiary/aromatic N) is 1. The minimum Gasteiger partial charge on any atom is -0.492 e. The van der Waals surface area contributed by atoms with Gasteiger partial charge in [0.05, 0.1) is 11.6 Å². The lowest BCUT2D eigenvalue weighted by molar-refractivity contribution is 0.230. The van der Waals surface area contributed by atoms with E-state index < -0.39 is 0 Å². The molecule has 4 nitrogen and oxygen atoms in total. The molecular weight excluding hydrogens is 392 g/mol. The molecule has 0 fully saturated rings.